The molecule has 0 saturated heterocycles. The first kappa shape index (κ1) is 20.7. The first-order valence-electron chi connectivity index (χ1n) is 9.22. The highest BCUT2D eigenvalue weighted by atomic mass is 16.3. The summed E-state index contributed by atoms with van der Waals surface area (Å²) in [6, 6.07) is 1.63. The van der Waals surface area contributed by atoms with Crippen LogP contribution in [0, 0.1) is 10.8 Å². The second kappa shape index (κ2) is 8.13. The fourth-order valence-electron chi connectivity index (χ4n) is 2.97. The van der Waals surface area contributed by atoms with Crippen LogP contribution < -0.4 is 0 Å². The second-order valence-corrected chi connectivity index (χ2v) is 9.02. The molecular formula is C21H36O3. The molecule has 3 nitrogen and oxygen atoms in total. The van der Waals surface area contributed by atoms with E-state index in [1.54, 1.807) is 6.07 Å². The Bertz CT molecular complexity index is 539. The van der Waals surface area contributed by atoms with Crippen molar-refractivity contribution in [3.8, 4) is 17.2 Å². The van der Waals surface area contributed by atoms with Gasteiger partial charge in [-0.1, -0.05) is 48.0 Å². The highest BCUT2D eigenvalue weighted by Crippen LogP contribution is 2.41. The molecule has 1 aromatic carbocycles. The van der Waals surface area contributed by atoms with Crippen LogP contribution in [-0.4, -0.2) is 15.3 Å². The van der Waals surface area contributed by atoms with E-state index in [4.69, 9.17) is 0 Å². The van der Waals surface area contributed by atoms with Gasteiger partial charge in [-0.05, 0) is 61.0 Å². The van der Waals surface area contributed by atoms with Crippen LogP contribution in [-0.2, 0) is 12.8 Å². The van der Waals surface area contributed by atoms with Crippen molar-refractivity contribution in [2.24, 2.45) is 10.8 Å². The van der Waals surface area contributed by atoms with Gasteiger partial charge in [-0.15, -0.1) is 0 Å². The van der Waals surface area contributed by atoms with Gasteiger partial charge in [0.15, 0.2) is 11.5 Å². The van der Waals surface area contributed by atoms with Crippen molar-refractivity contribution < 1.29 is 15.3 Å². The van der Waals surface area contributed by atoms with E-state index < -0.39 is 5.75 Å². The van der Waals surface area contributed by atoms with Crippen molar-refractivity contribution in [2.75, 3.05) is 0 Å². The number of hydrogen-bond acceptors (Lipinski definition) is 3. The van der Waals surface area contributed by atoms with E-state index in [1.807, 2.05) is 0 Å². The molecule has 0 heterocycles. The number of benzene rings is 1. The maximum Gasteiger partial charge on any atom is 0.200 e. The van der Waals surface area contributed by atoms with Crippen LogP contribution in [0.2, 0.25) is 0 Å². The molecule has 0 bridgehead atoms. The van der Waals surface area contributed by atoms with Crippen LogP contribution in [0.3, 0.4) is 0 Å². The topological polar surface area (TPSA) is 60.7 Å². The molecule has 0 atom stereocenters. The molecule has 1 rings (SSSR count). The average Bonchev–Trinajstić information content (AvgIpc) is 2.46. The van der Waals surface area contributed by atoms with Crippen molar-refractivity contribution in [3.05, 3.63) is 17.2 Å². The SMILES string of the molecule is CCC(C)(C)CCCc1cc(O)c(O)c(O)c1CCCC(C)(C)C. The van der Waals surface area contributed by atoms with Gasteiger partial charge in [0.1, 0.15) is 0 Å². The largest absolute Gasteiger partial charge is 0.504 e. The summed E-state index contributed by atoms with van der Waals surface area (Å²) >= 11 is 0. The summed E-state index contributed by atoms with van der Waals surface area (Å²) in [4.78, 5) is 0. The zero-order chi connectivity index (χ0) is 18.5. The minimum Gasteiger partial charge on any atom is -0.504 e. The highest BCUT2D eigenvalue weighted by molar-refractivity contribution is 5.57. The predicted octanol–water partition coefficient (Wildman–Crippen LogP) is 5.93. The highest BCUT2D eigenvalue weighted by Gasteiger charge is 2.19. The predicted molar refractivity (Wildman–Crippen MR) is 101 cm³/mol. The summed E-state index contributed by atoms with van der Waals surface area (Å²) in [5.41, 5.74) is 2.32. The molecule has 0 fully saturated rings. The monoisotopic (exact) mass is 336 g/mol. The Morgan fingerprint density at radius 3 is 1.96 bits per heavy atom. The van der Waals surface area contributed by atoms with Crippen molar-refractivity contribution >= 4 is 0 Å². The Morgan fingerprint density at radius 1 is 0.833 bits per heavy atom. The zero-order valence-electron chi connectivity index (χ0n) is 16.4. The number of phenolic OH excluding ortho intramolecular Hbond substituents is 3. The minimum absolute atomic E-state index is 0.145. The van der Waals surface area contributed by atoms with Crippen LogP contribution in [0.1, 0.15) is 84.8 Å². The van der Waals surface area contributed by atoms with E-state index in [0.29, 0.717) is 5.41 Å². The molecular weight excluding hydrogens is 300 g/mol. The summed E-state index contributed by atoms with van der Waals surface area (Å²) in [6.45, 7) is 13.3. The lowest BCUT2D eigenvalue weighted by molar-refractivity contribution is 0.312. The number of hydrogen-bond donors (Lipinski definition) is 3. The van der Waals surface area contributed by atoms with Crippen LogP contribution >= 0.6 is 0 Å². The maximum absolute atomic E-state index is 10.3. The molecule has 0 aromatic heterocycles. The van der Waals surface area contributed by atoms with Gasteiger partial charge in [0, 0.05) is 5.56 Å². The Morgan fingerprint density at radius 2 is 1.42 bits per heavy atom. The summed E-state index contributed by atoms with van der Waals surface area (Å²) < 4.78 is 0. The fraction of sp³-hybridized carbons (Fsp3) is 0.714. The zero-order valence-corrected chi connectivity index (χ0v) is 16.4. The van der Waals surface area contributed by atoms with Crippen LogP contribution in [0.4, 0.5) is 0 Å². The van der Waals surface area contributed by atoms with Crippen molar-refractivity contribution in [2.45, 2.75) is 86.5 Å². The second-order valence-electron chi connectivity index (χ2n) is 9.02. The molecule has 0 aliphatic carbocycles. The van der Waals surface area contributed by atoms with Crippen LogP contribution in [0.5, 0.6) is 17.2 Å². The Balaban J connectivity index is 2.89. The number of aryl methyl sites for hydroxylation is 1. The van der Waals surface area contributed by atoms with E-state index in [-0.39, 0.29) is 16.9 Å². The summed E-state index contributed by atoms with van der Waals surface area (Å²) in [5.74, 6) is -0.760. The molecule has 0 unspecified atom stereocenters. The normalized spacial score (nSPS) is 12.6. The average molecular weight is 337 g/mol. The first-order valence-corrected chi connectivity index (χ1v) is 9.22. The van der Waals surface area contributed by atoms with Crippen LogP contribution in [0.15, 0.2) is 6.07 Å². The quantitative estimate of drug-likeness (QED) is 0.515. The molecule has 0 aliphatic rings. The number of aromatic hydroxyl groups is 3. The smallest absolute Gasteiger partial charge is 0.200 e. The third kappa shape index (κ3) is 6.26. The van der Waals surface area contributed by atoms with Crippen molar-refractivity contribution in [1.82, 2.24) is 0 Å². The van der Waals surface area contributed by atoms with Gasteiger partial charge in [-0.2, -0.15) is 0 Å². The molecule has 3 N–H and O–H groups in total. The molecule has 138 valence electrons. The van der Waals surface area contributed by atoms with Gasteiger partial charge in [-0.25, -0.2) is 0 Å². The number of phenols is 3. The molecule has 0 aliphatic heterocycles. The van der Waals surface area contributed by atoms with Gasteiger partial charge in [-0.3, -0.25) is 0 Å². The molecule has 1 aromatic rings. The summed E-state index contributed by atoms with van der Waals surface area (Å²) in [7, 11) is 0. The third-order valence-electron chi connectivity index (χ3n) is 5.06. The van der Waals surface area contributed by atoms with E-state index in [0.717, 1.165) is 56.1 Å². The molecule has 0 spiro atoms. The van der Waals surface area contributed by atoms with E-state index >= 15 is 0 Å². The maximum atomic E-state index is 10.3. The summed E-state index contributed by atoms with van der Waals surface area (Å²) in [5, 5.41) is 30.0. The van der Waals surface area contributed by atoms with E-state index in [9.17, 15) is 15.3 Å². The fourth-order valence-corrected chi connectivity index (χ4v) is 2.97. The lowest BCUT2D eigenvalue weighted by atomic mass is 9.83. The van der Waals surface area contributed by atoms with Crippen molar-refractivity contribution in [3.63, 3.8) is 0 Å². The standard InChI is InChI=1S/C21H36O3/c1-7-21(5,6)13-8-10-15-14-17(22)19(24)18(23)16(15)11-9-12-20(2,3)4/h14,22-24H,7-13H2,1-6H3. The van der Waals surface area contributed by atoms with E-state index in [2.05, 4.69) is 41.5 Å². The van der Waals surface area contributed by atoms with Gasteiger partial charge in [0.2, 0.25) is 5.75 Å². The van der Waals surface area contributed by atoms with Gasteiger partial charge in [0.05, 0.1) is 0 Å². The lowest BCUT2D eigenvalue weighted by Crippen LogP contribution is -2.10. The lowest BCUT2D eigenvalue weighted by Gasteiger charge is -2.23. The van der Waals surface area contributed by atoms with Crippen LogP contribution in [0.25, 0.3) is 0 Å². The Hall–Kier alpha value is -1.38. The molecule has 24 heavy (non-hydrogen) atoms. The Kier molecular flexibility index (Phi) is 7.00. The van der Waals surface area contributed by atoms with Gasteiger partial charge >= 0.3 is 0 Å². The molecule has 3 heteroatoms. The molecule has 0 saturated carbocycles. The third-order valence-corrected chi connectivity index (χ3v) is 5.06. The molecule has 0 radical (unpaired) electrons. The molecule has 0 amide bonds. The van der Waals surface area contributed by atoms with Gasteiger partial charge < -0.3 is 15.3 Å². The minimum atomic E-state index is -0.390. The summed E-state index contributed by atoms with van der Waals surface area (Å²) in [6.07, 6.45) is 6.80. The van der Waals surface area contributed by atoms with Crippen molar-refractivity contribution in [1.29, 1.82) is 0 Å². The number of rotatable bonds is 8. The van der Waals surface area contributed by atoms with Gasteiger partial charge in [0.25, 0.3) is 0 Å². The van der Waals surface area contributed by atoms with E-state index in [1.165, 1.54) is 0 Å². The Labute approximate surface area is 147 Å². The first-order chi connectivity index (χ1) is 11.0.